The second-order valence-electron chi connectivity index (χ2n) is 4.20. The average molecular weight is 300 g/mol. The Balaban J connectivity index is 2.00. The fraction of sp³-hybridized carbons (Fsp3) is 0.188. The van der Waals surface area contributed by atoms with Crippen molar-refractivity contribution in [2.24, 2.45) is 5.73 Å². The zero-order chi connectivity index (χ0) is 15.1. The smallest absolute Gasteiger partial charge is 0.252 e. The molecule has 4 nitrogen and oxygen atoms in total. The molecule has 1 aromatic carbocycles. The zero-order valence-corrected chi connectivity index (χ0v) is 12.5. The maximum absolute atomic E-state index is 12.1. The summed E-state index contributed by atoms with van der Waals surface area (Å²) in [6.07, 6.45) is 0. The Morgan fingerprint density at radius 2 is 2.24 bits per heavy atom. The van der Waals surface area contributed by atoms with E-state index in [-0.39, 0.29) is 5.91 Å². The third-order valence-corrected chi connectivity index (χ3v) is 3.65. The maximum atomic E-state index is 12.1. The van der Waals surface area contributed by atoms with Crippen LogP contribution in [0.1, 0.15) is 20.8 Å². The number of nitrogens with one attached hydrogen (secondary N) is 1. The van der Waals surface area contributed by atoms with Crippen molar-refractivity contribution in [3.05, 3.63) is 51.7 Å². The number of carbonyl (C=O) groups is 1. The van der Waals surface area contributed by atoms with E-state index in [1.807, 2.05) is 24.3 Å². The Kier molecular flexibility index (Phi) is 5.38. The third-order valence-electron chi connectivity index (χ3n) is 2.81. The molecule has 0 saturated carbocycles. The summed E-state index contributed by atoms with van der Waals surface area (Å²) in [6.45, 7) is 0.732. The zero-order valence-electron chi connectivity index (χ0n) is 11.7. The largest absolute Gasteiger partial charge is 0.496 e. The minimum absolute atomic E-state index is 0.127. The highest BCUT2D eigenvalue weighted by Crippen LogP contribution is 2.17. The van der Waals surface area contributed by atoms with Crippen molar-refractivity contribution in [3.63, 3.8) is 0 Å². The minimum atomic E-state index is -0.127. The van der Waals surface area contributed by atoms with Gasteiger partial charge in [-0.2, -0.15) is 0 Å². The molecule has 0 bridgehead atoms. The number of carbonyl (C=O) groups excluding carboxylic acids is 1. The van der Waals surface area contributed by atoms with Crippen molar-refractivity contribution >= 4 is 17.2 Å². The topological polar surface area (TPSA) is 64.3 Å². The molecule has 21 heavy (non-hydrogen) atoms. The van der Waals surface area contributed by atoms with E-state index >= 15 is 0 Å². The number of nitrogens with two attached hydrogens (primary N) is 1. The molecule has 0 aliphatic heterocycles. The van der Waals surface area contributed by atoms with Crippen molar-refractivity contribution in [2.45, 2.75) is 6.54 Å². The van der Waals surface area contributed by atoms with Crippen LogP contribution in [0.15, 0.2) is 35.7 Å². The molecule has 0 aliphatic carbocycles. The van der Waals surface area contributed by atoms with Crippen molar-refractivity contribution in [2.75, 3.05) is 13.7 Å². The van der Waals surface area contributed by atoms with Crippen LogP contribution in [0.5, 0.6) is 5.75 Å². The SMILES string of the molecule is COc1ccccc1CNC(=O)c1csc(C#CCN)c1. The van der Waals surface area contributed by atoms with Gasteiger partial charge in [0.05, 0.1) is 24.1 Å². The van der Waals surface area contributed by atoms with Gasteiger partial charge in [0.1, 0.15) is 5.75 Å². The van der Waals surface area contributed by atoms with Gasteiger partial charge in [-0.3, -0.25) is 4.79 Å². The number of methoxy groups -OCH3 is 1. The van der Waals surface area contributed by atoms with Crippen molar-refractivity contribution in [3.8, 4) is 17.6 Å². The first kappa shape index (κ1) is 15.1. The monoisotopic (exact) mass is 300 g/mol. The lowest BCUT2D eigenvalue weighted by molar-refractivity contribution is 0.0951. The second kappa shape index (κ2) is 7.48. The van der Waals surface area contributed by atoms with Crippen LogP contribution < -0.4 is 15.8 Å². The molecular weight excluding hydrogens is 284 g/mol. The van der Waals surface area contributed by atoms with E-state index in [0.29, 0.717) is 18.7 Å². The molecule has 1 aromatic heterocycles. The van der Waals surface area contributed by atoms with Gasteiger partial charge in [0.15, 0.2) is 0 Å². The minimum Gasteiger partial charge on any atom is -0.496 e. The molecule has 0 spiro atoms. The highest BCUT2D eigenvalue weighted by atomic mass is 32.1. The molecule has 0 atom stereocenters. The number of benzene rings is 1. The van der Waals surface area contributed by atoms with Gasteiger partial charge in [-0.05, 0) is 12.1 Å². The van der Waals surface area contributed by atoms with Crippen LogP contribution in [-0.4, -0.2) is 19.6 Å². The van der Waals surface area contributed by atoms with Gasteiger partial charge in [0.2, 0.25) is 0 Å². The fourth-order valence-corrected chi connectivity index (χ4v) is 2.54. The normalized spacial score (nSPS) is 9.62. The Morgan fingerprint density at radius 3 is 3.00 bits per heavy atom. The summed E-state index contributed by atoms with van der Waals surface area (Å²) >= 11 is 1.43. The fourth-order valence-electron chi connectivity index (χ4n) is 1.79. The Labute approximate surface area is 127 Å². The summed E-state index contributed by atoms with van der Waals surface area (Å²) in [5.74, 6) is 6.32. The van der Waals surface area contributed by atoms with Crippen LogP contribution >= 0.6 is 11.3 Å². The van der Waals surface area contributed by atoms with Gasteiger partial charge in [0, 0.05) is 17.5 Å². The standard InChI is InChI=1S/C16H16N2O2S/c1-20-15-7-3-2-5-12(15)10-18-16(19)13-9-14(21-11-13)6-4-8-17/h2-3,5,7,9,11H,8,10,17H2,1H3,(H,18,19). The van der Waals surface area contributed by atoms with E-state index in [0.717, 1.165) is 16.2 Å². The molecule has 0 radical (unpaired) electrons. The van der Waals surface area contributed by atoms with Crippen LogP contribution in [0.3, 0.4) is 0 Å². The Bertz CT molecular complexity index is 683. The quantitative estimate of drug-likeness (QED) is 0.849. The van der Waals surface area contributed by atoms with E-state index in [2.05, 4.69) is 17.2 Å². The van der Waals surface area contributed by atoms with Gasteiger partial charge in [-0.1, -0.05) is 30.0 Å². The molecule has 1 heterocycles. The predicted molar refractivity (Wildman–Crippen MR) is 84.4 cm³/mol. The van der Waals surface area contributed by atoms with Crippen molar-refractivity contribution in [1.29, 1.82) is 0 Å². The molecule has 0 saturated heterocycles. The second-order valence-corrected chi connectivity index (χ2v) is 5.11. The molecule has 5 heteroatoms. The molecule has 0 unspecified atom stereocenters. The van der Waals surface area contributed by atoms with Crippen LogP contribution in [0.25, 0.3) is 0 Å². The highest BCUT2D eigenvalue weighted by molar-refractivity contribution is 7.10. The molecular formula is C16H16N2O2S. The van der Waals surface area contributed by atoms with E-state index in [4.69, 9.17) is 10.5 Å². The lowest BCUT2D eigenvalue weighted by Crippen LogP contribution is -2.22. The highest BCUT2D eigenvalue weighted by Gasteiger charge is 2.09. The number of ether oxygens (including phenoxy) is 1. The van der Waals surface area contributed by atoms with E-state index in [9.17, 15) is 4.79 Å². The van der Waals surface area contributed by atoms with E-state index in [1.54, 1.807) is 18.6 Å². The lowest BCUT2D eigenvalue weighted by atomic mass is 10.2. The van der Waals surface area contributed by atoms with E-state index in [1.165, 1.54) is 11.3 Å². The molecule has 1 amide bonds. The summed E-state index contributed by atoms with van der Waals surface area (Å²) in [5.41, 5.74) is 6.87. The summed E-state index contributed by atoms with van der Waals surface area (Å²) in [5, 5.41) is 4.66. The van der Waals surface area contributed by atoms with E-state index < -0.39 is 0 Å². The van der Waals surface area contributed by atoms with Gasteiger partial charge < -0.3 is 15.8 Å². The summed E-state index contributed by atoms with van der Waals surface area (Å²) in [4.78, 5) is 12.9. The van der Waals surface area contributed by atoms with Gasteiger partial charge >= 0.3 is 0 Å². The first-order valence-electron chi connectivity index (χ1n) is 6.42. The van der Waals surface area contributed by atoms with Crippen LogP contribution in [-0.2, 0) is 6.54 Å². The number of para-hydroxylation sites is 1. The Hall–Kier alpha value is -2.29. The van der Waals surface area contributed by atoms with Crippen LogP contribution in [0.2, 0.25) is 0 Å². The number of hydrogen-bond acceptors (Lipinski definition) is 4. The number of rotatable bonds is 4. The first-order chi connectivity index (χ1) is 10.2. The van der Waals surface area contributed by atoms with Crippen molar-refractivity contribution < 1.29 is 9.53 Å². The lowest BCUT2D eigenvalue weighted by Gasteiger charge is -2.08. The Morgan fingerprint density at radius 1 is 1.43 bits per heavy atom. The molecule has 3 N–H and O–H groups in total. The number of amides is 1. The molecule has 2 aromatic rings. The van der Waals surface area contributed by atoms with Crippen molar-refractivity contribution in [1.82, 2.24) is 5.32 Å². The number of thiophene rings is 1. The molecule has 0 aliphatic rings. The van der Waals surface area contributed by atoms with Gasteiger partial charge in [-0.15, -0.1) is 11.3 Å². The van der Waals surface area contributed by atoms with Gasteiger partial charge in [0.25, 0.3) is 5.91 Å². The van der Waals surface area contributed by atoms with Crippen LogP contribution in [0, 0.1) is 11.8 Å². The molecule has 108 valence electrons. The molecule has 0 fully saturated rings. The maximum Gasteiger partial charge on any atom is 0.252 e. The van der Waals surface area contributed by atoms with Crippen LogP contribution in [0.4, 0.5) is 0 Å². The summed E-state index contributed by atoms with van der Waals surface area (Å²) < 4.78 is 5.25. The predicted octanol–water partition coefficient (Wildman–Crippen LogP) is 2.00. The molecule has 2 rings (SSSR count). The number of hydrogen-bond donors (Lipinski definition) is 2. The summed E-state index contributed by atoms with van der Waals surface area (Å²) in [7, 11) is 1.61. The summed E-state index contributed by atoms with van der Waals surface area (Å²) in [6, 6.07) is 9.36. The first-order valence-corrected chi connectivity index (χ1v) is 7.30. The third kappa shape index (κ3) is 4.09. The van der Waals surface area contributed by atoms with Gasteiger partial charge in [-0.25, -0.2) is 0 Å². The average Bonchev–Trinajstić information content (AvgIpc) is 2.99.